The van der Waals surface area contributed by atoms with Gasteiger partial charge in [-0.1, -0.05) is 26.0 Å². The monoisotopic (exact) mass is 396 g/mol. The van der Waals surface area contributed by atoms with Crippen molar-refractivity contribution in [2.45, 2.75) is 24.6 Å². The molecule has 26 heavy (non-hydrogen) atoms. The van der Waals surface area contributed by atoms with Gasteiger partial charge in [0.05, 0.1) is 6.54 Å². The van der Waals surface area contributed by atoms with E-state index in [-0.39, 0.29) is 22.5 Å². The van der Waals surface area contributed by atoms with Crippen molar-refractivity contribution in [2.75, 3.05) is 13.1 Å². The van der Waals surface area contributed by atoms with Crippen LogP contribution in [0.4, 0.5) is 4.39 Å². The third-order valence-corrected chi connectivity index (χ3v) is 7.25. The first-order valence-electron chi connectivity index (χ1n) is 8.17. The van der Waals surface area contributed by atoms with Gasteiger partial charge in [0.1, 0.15) is 10.0 Å². The Hall–Kier alpha value is -2.03. The van der Waals surface area contributed by atoms with Gasteiger partial charge in [0.25, 0.3) is 10.0 Å². The fraction of sp³-hybridized carbons (Fsp3) is 0.278. The molecule has 0 bridgehead atoms. The molecule has 5 nitrogen and oxygen atoms in total. The Morgan fingerprint density at radius 3 is 2.62 bits per heavy atom. The largest absolute Gasteiger partial charge is 0.348 e. The zero-order chi connectivity index (χ0) is 19.2. The van der Waals surface area contributed by atoms with Gasteiger partial charge >= 0.3 is 0 Å². The summed E-state index contributed by atoms with van der Waals surface area (Å²) in [6.07, 6.45) is 2.83. The number of carbonyl (C=O) groups excluding carboxylic acids is 1. The second kappa shape index (κ2) is 9.07. The molecule has 0 saturated heterocycles. The van der Waals surface area contributed by atoms with Crippen molar-refractivity contribution in [1.29, 1.82) is 0 Å². The van der Waals surface area contributed by atoms with Crippen molar-refractivity contribution in [3.8, 4) is 0 Å². The number of sulfonamides is 1. The van der Waals surface area contributed by atoms with Crippen molar-refractivity contribution >= 4 is 33.3 Å². The Bertz CT molecular complexity index is 887. The van der Waals surface area contributed by atoms with Crippen LogP contribution in [-0.2, 0) is 21.4 Å². The number of hydrogen-bond donors (Lipinski definition) is 1. The molecule has 0 fully saturated rings. The van der Waals surface area contributed by atoms with Gasteiger partial charge in [-0.05, 0) is 35.9 Å². The van der Waals surface area contributed by atoms with E-state index in [0.29, 0.717) is 18.7 Å². The smallest absolute Gasteiger partial charge is 0.252 e. The molecule has 2 rings (SSSR count). The lowest BCUT2D eigenvalue weighted by Gasteiger charge is -2.16. The van der Waals surface area contributed by atoms with E-state index in [0.717, 1.165) is 16.2 Å². The van der Waals surface area contributed by atoms with Crippen LogP contribution in [0.3, 0.4) is 0 Å². The van der Waals surface area contributed by atoms with Crippen LogP contribution in [0, 0.1) is 5.82 Å². The fourth-order valence-corrected chi connectivity index (χ4v) is 5.21. The minimum Gasteiger partial charge on any atom is -0.348 e. The van der Waals surface area contributed by atoms with Crippen molar-refractivity contribution in [1.82, 2.24) is 9.62 Å². The molecule has 0 aliphatic heterocycles. The van der Waals surface area contributed by atoms with Gasteiger partial charge < -0.3 is 5.32 Å². The summed E-state index contributed by atoms with van der Waals surface area (Å²) < 4.78 is 39.6. The highest BCUT2D eigenvalue weighted by Gasteiger charge is 2.23. The minimum atomic E-state index is -3.48. The van der Waals surface area contributed by atoms with E-state index in [2.05, 4.69) is 5.32 Å². The Labute approximate surface area is 157 Å². The highest BCUT2D eigenvalue weighted by atomic mass is 32.2. The van der Waals surface area contributed by atoms with Crippen LogP contribution < -0.4 is 5.32 Å². The number of thiophene rings is 1. The lowest BCUT2D eigenvalue weighted by molar-refractivity contribution is -0.116. The summed E-state index contributed by atoms with van der Waals surface area (Å²) in [5.74, 6) is -0.705. The topological polar surface area (TPSA) is 66.5 Å². The van der Waals surface area contributed by atoms with Crippen LogP contribution in [0.15, 0.2) is 46.7 Å². The summed E-state index contributed by atoms with van der Waals surface area (Å²) >= 11 is 1.14. The van der Waals surface area contributed by atoms with E-state index in [9.17, 15) is 17.6 Å². The maximum atomic E-state index is 13.1. The third kappa shape index (κ3) is 5.23. The van der Waals surface area contributed by atoms with E-state index in [1.807, 2.05) is 0 Å². The zero-order valence-corrected chi connectivity index (χ0v) is 16.2. The van der Waals surface area contributed by atoms with E-state index in [1.54, 1.807) is 38.1 Å². The average Bonchev–Trinajstić information content (AvgIpc) is 3.09. The van der Waals surface area contributed by atoms with E-state index in [4.69, 9.17) is 0 Å². The van der Waals surface area contributed by atoms with Gasteiger partial charge in [0, 0.05) is 24.0 Å². The Balaban J connectivity index is 1.96. The molecule has 140 valence electrons. The SMILES string of the molecule is CCN(CC)S(=O)(=O)c1ccc(CNC(=O)C=Cc2cccc(F)c2)s1. The number of carbonyl (C=O) groups is 1. The molecule has 0 aliphatic carbocycles. The fourth-order valence-electron chi connectivity index (χ4n) is 2.30. The van der Waals surface area contributed by atoms with Crippen molar-refractivity contribution in [3.05, 3.63) is 58.7 Å². The lowest BCUT2D eigenvalue weighted by Crippen LogP contribution is -2.29. The molecule has 8 heteroatoms. The highest BCUT2D eigenvalue weighted by molar-refractivity contribution is 7.91. The quantitative estimate of drug-likeness (QED) is 0.697. The molecule has 1 heterocycles. The van der Waals surface area contributed by atoms with Crippen LogP contribution in [0.25, 0.3) is 6.08 Å². The number of halogens is 1. The number of amides is 1. The van der Waals surface area contributed by atoms with Gasteiger partial charge in [-0.2, -0.15) is 4.31 Å². The van der Waals surface area contributed by atoms with Gasteiger partial charge in [-0.15, -0.1) is 11.3 Å². The van der Waals surface area contributed by atoms with E-state index in [1.165, 1.54) is 28.6 Å². The predicted octanol–water partition coefficient (Wildman–Crippen LogP) is 3.25. The number of nitrogens with one attached hydrogen (secondary N) is 1. The van der Waals surface area contributed by atoms with Crippen LogP contribution in [0.5, 0.6) is 0 Å². The van der Waals surface area contributed by atoms with Gasteiger partial charge in [0.2, 0.25) is 5.91 Å². The van der Waals surface area contributed by atoms with Gasteiger partial charge in [-0.3, -0.25) is 4.79 Å². The number of hydrogen-bond acceptors (Lipinski definition) is 4. The summed E-state index contributed by atoms with van der Waals surface area (Å²) in [7, 11) is -3.48. The molecule has 0 spiro atoms. The first-order chi connectivity index (χ1) is 12.4. The van der Waals surface area contributed by atoms with Gasteiger partial charge in [-0.25, -0.2) is 12.8 Å². The van der Waals surface area contributed by atoms with E-state index < -0.39 is 10.0 Å². The number of benzene rings is 1. The standard InChI is InChI=1S/C18H21FN2O3S2/c1-3-21(4-2)26(23,24)18-11-9-16(25-18)13-20-17(22)10-8-14-6-5-7-15(19)12-14/h5-12H,3-4,13H2,1-2H3,(H,20,22). The van der Waals surface area contributed by atoms with Crippen LogP contribution >= 0.6 is 11.3 Å². The van der Waals surface area contributed by atoms with Crippen molar-refractivity contribution in [2.24, 2.45) is 0 Å². The lowest BCUT2D eigenvalue weighted by atomic mass is 10.2. The summed E-state index contributed by atoms with van der Waals surface area (Å²) in [5, 5.41) is 2.69. The first-order valence-corrected chi connectivity index (χ1v) is 10.4. The number of nitrogens with zero attached hydrogens (tertiary/aromatic N) is 1. The second-order valence-electron chi connectivity index (χ2n) is 5.42. The molecule has 0 radical (unpaired) electrons. The molecular formula is C18H21FN2O3S2. The Morgan fingerprint density at radius 1 is 1.23 bits per heavy atom. The molecule has 1 amide bonds. The molecular weight excluding hydrogens is 375 g/mol. The normalized spacial score (nSPS) is 12.0. The molecule has 1 aromatic carbocycles. The molecule has 0 saturated carbocycles. The zero-order valence-electron chi connectivity index (χ0n) is 14.6. The second-order valence-corrected chi connectivity index (χ2v) is 8.75. The van der Waals surface area contributed by atoms with E-state index >= 15 is 0 Å². The average molecular weight is 397 g/mol. The molecule has 1 aromatic heterocycles. The maximum absolute atomic E-state index is 13.1. The molecule has 0 atom stereocenters. The first kappa shape index (κ1) is 20.3. The van der Waals surface area contributed by atoms with Gasteiger partial charge in [0.15, 0.2) is 0 Å². The summed E-state index contributed by atoms with van der Waals surface area (Å²) in [6.45, 7) is 4.63. The van der Waals surface area contributed by atoms with Crippen LogP contribution in [0.2, 0.25) is 0 Å². The summed E-state index contributed by atoms with van der Waals surface area (Å²) in [5.41, 5.74) is 0.587. The third-order valence-electron chi connectivity index (χ3n) is 3.65. The molecule has 1 N–H and O–H groups in total. The number of rotatable bonds is 8. The summed E-state index contributed by atoms with van der Waals surface area (Å²) in [4.78, 5) is 12.6. The van der Waals surface area contributed by atoms with Crippen molar-refractivity contribution in [3.63, 3.8) is 0 Å². The highest BCUT2D eigenvalue weighted by Crippen LogP contribution is 2.24. The Kier molecular flexibility index (Phi) is 7.07. The predicted molar refractivity (Wildman–Crippen MR) is 102 cm³/mol. The Morgan fingerprint density at radius 2 is 1.96 bits per heavy atom. The minimum absolute atomic E-state index is 0.227. The van der Waals surface area contributed by atoms with Crippen LogP contribution in [0.1, 0.15) is 24.3 Å². The maximum Gasteiger partial charge on any atom is 0.252 e. The molecule has 0 aliphatic rings. The molecule has 0 unspecified atom stereocenters. The molecule has 2 aromatic rings. The summed E-state index contributed by atoms with van der Waals surface area (Å²) in [6, 6.07) is 9.17. The van der Waals surface area contributed by atoms with Crippen LogP contribution in [-0.4, -0.2) is 31.7 Å². The van der Waals surface area contributed by atoms with Crippen molar-refractivity contribution < 1.29 is 17.6 Å².